The standard InChI is InChI=1S/C7H2BrClF4O2S/c8-3-1-2-4(10)6(16(9,14)15)5(3)7(11,12)13/h1-2H. The fourth-order valence-corrected chi connectivity index (χ4v) is 2.95. The van der Waals surface area contributed by atoms with E-state index in [0.29, 0.717) is 6.07 Å². The van der Waals surface area contributed by atoms with Gasteiger partial charge in [-0.1, -0.05) is 15.9 Å². The van der Waals surface area contributed by atoms with Crippen LogP contribution in [-0.4, -0.2) is 8.42 Å². The van der Waals surface area contributed by atoms with Gasteiger partial charge in [0, 0.05) is 15.2 Å². The van der Waals surface area contributed by atoms with Crippen LogP contribution in [0.2, 0.25) is 0 Å². The molecule has 0 radical (unpaired) electrons. The monoisotopic (exact) mass is 340 g/mol. The van der Waals surface area contributed by atoms with Gasteiger partial charge in [-0.15, -0.1) is 0 Å². The van der Waals surface area contributed by atoms with E-state index in [0.717, 1.165) is 6.07 Å². The minimum atomic E-state index is -5.03. The topological polar surface area (TPSA) is 34.1 Å². The van der Waals surface area contributed by atoms with Crippen molar-refractivity contribution in [1.82, 2.24) is 0 Å². The molecule has 0 aliphatic carbocycles. The van der Waals surface area contributed by atoms with Crippen LogP contribution in [0.1, 0.15) is 5.56 Å². The summed E-state index contributed by atoms with van der Waals surface area (Å²) in [6.07, 6.45) is -5.03. The van der Waals surface area contributed by atoms with Crippen molar-refractivity contribution in [2.24, 2.45) is 0 Å². The van der Waals surface area contributed by atoms with Crippen LogP contribution in [0.5, 0.6) is 0 Å². The smallest absolute Gasteiger partial charge is 0.207 e. The van der Waals surface area contributed by atoms with E-state index in [1.54, 1.807) is 0 Å². The van der Waals surface area contributed by atoms with Gasteiger partial charge in [-0.3, -0.25) is 0 Å². The summed E-state index contributed by atoms with van der Waals surface area (Å²) in [5.41, 5.74) is -1.65. The molecule has 0 atom stereocenters. The molecule has 1 aromatic carbocycles. The maximum absolute atomic E-state index is 13.1. The molecule has 0 aliphatic heterocycles. The first-order chi connectivity index (χ1) is 7.05. The van der Waals surface area contributed by atoms with Gasteiger partial charge in [0.2, 0.25) is 0 Å². The van der Waals surface area contributed by atoms with Crippen LogP contribution in [0.4, 0.5) is 17.6 Å². The molecule has 0 fully saturated rings. The largest absolute Gasteiger partial charge is 0.418 e. The number of alkyl halides is 3. The highest BCUT2D eigenvalue weighted by Crippen LogP contribution is 2.41. The maximum atomic E-state index is 13.1. The fraction of sp³-hybridized carbons (Fsp3) is 0.143. The average Bonchev–Trinajstić information content (AvgIpc) is 2.04. The predicted octanol–water partition coefficient (Wildman–Crippen LogP) is 3.53. The first-order valence-electron chi connectivity index (χ1n) is 3.55. The summed E-state index contributed by atoms with van der Waals surface area (Å²) in [4.78, 5) is -1.57. The molecule has 0 bridgehead atoms. The van der Waals surface area contributed by atoms with Crippen molar-refractivity contribution in [2.45, 2.75) is 11.1 Å². The highest BCUT2D eigenvalue weighted by molar-refractivity contribution is 9.10. The number of benzene rings is 1. The molecule has 1 rings (SSSR count). The normalized spacial score (nSPS) is 12.9. The third-order valence-corrected chi connectivity index (χ3v) is 3.60. The Morgan fingerprint density at radius 3 is 2.06 bits per heavy atom. The highest BCUT2D eigenvalue weighted by Gasteiger charge is 2.40. The lowest BCUT2D eigenvalue weighted by Crippen LogP contribution is -2.13. The highest BCUT2D eigenvalue weighted by atomic mass is 79.9. The molecule has 0 aromatic heterocycles. The van der Waals surface area contributed by atoms with Gasteiger partial charge in [-0.2, -0.15) is 13.2 Å². The Labute approximate surface area is 101 Å². The minimum Gasteiger partial charge on any atom is -0.207 e. The van der Waals surface area contributed by atoms with Crippen LogP contribution in [0, 0.1) is 5.82 Å². The Bertz CT molecular complexity index is 526. The van der Waals surface area contributed by atoms with Gasteiger partial charge in [0.15, 0.2) is 0 Å². The molecule has 0 heterocycles. The molecule has 2 nitrogen and oxygen atoms in total. The van der Waals surface area contributed by atoms with Crippen molar-refractivity contribution in [3.63, 3.8) is 0 Å². The van der Waals surface area contributed by atoms with Gasteiger partial charge >= 0.3 is 6.18 Å². The second kappa shape index (κ2) is 4.15. The van der Waals surface area contributed by atoms with Gasteiger partial charge in [0.05, 0.1) is 5.56 Å². The van der Waals surface area contributed by atoms with Crippen molar-refractivity contribution in [1.29, 1.82) is 0 Å². The summed E-state index contributed by atoms with van der Waals surface area (Å²) < 4.78 is 71.7. The minimum absolute atomic E-state index is 0.578. The van der Waals surface area contributed by atoms with Gasteiger partial charge < -0.3 is 0 Å². The molecule has 0 spiro atoms. The van der Waals surface area contributed by atoms with Crippen LogP contribution in [-0.2, 0) is 15.2 Å². The third kappa shape index (κ3) is 2.67. The van der Waals surface area contributed by atoms with Crippen LogP contribution >= 0.6 is 26.6 Å². The molecule has 0 amide bonds. The molecular weight excluding hydrogens is 339 g/mol. The molecule has 9 heteroatoms. The summed E-state index contributed by atoms with van der Waals surface area (Å²) in [6.45, 7) is 0. The zero-order chi connectivity index (χ0) is 12.7. The number of hydrogen-bond acceptors (Lipinski definition) is 2. The van der Waals surface area contributed by atoms with E-state index in [2.05, 4.69) is 15.9 Å². The number of rotatable bonds is 1. The van der Waals surface area contributed by atoms with Crippen molar-refractivity contribution in [2.75, 3.05) is 0 Å². The predicted molar refractivity (Wildman–Crippen MR) is 52.1 cm³/mol. The molecular formula is C7H2BrClF4O2S. The van der Waals surface area contributed by atoms with E-state index in [1.807, 2.05) is 0 Å². The maximum Gasteiger partial charge on any atom is 0.418 e. The fourth-order valence-electron chi connectivity index (χ4n) is 1.04. The van der Waals surface area contributed by atoms with Crippen molar-refractivity contribution in [3.05, 3.63) is 28.0 Å². The van der Waals surface area contributed by atoms with E-state index in [-0.39, 0.29) is 0 Å². The SMILES string of the molecule is O=S(=O)(Cl)c1c(F)ccc(Br)c1C(F)(F)F. The summed E-state index contributed by atoms with van der Waals surface area (Å²) in [6, 6.07) is 1.33. The van der Waals surface area contributed by atoms with Crippen molar-refractivity contribution >= 4 is 35.7 Å². The van der Waals surface area contributed by atoms with E-state index >= 15 is 0 Å². The van der Waals surface area contributed by atoms with Crippen LogP contribution < -0.4 is 0 Å². The number of hydrogen-bond donors (Lipinski definition) is 0. The molecule has 0 aliphatic rings. The first kappa shape index (κ1) is 13.7. The van der Waals surface area contributed by atoms with Gasteiger partial charge in [0.1, 0.15) is 10.7 Å². The molecule has 1 aromatic rings. The Morgan fingerprint density at radius 1 is 1.25 bits per heavy atom. The lowest BCUT2D eigenvalue weighted by Gasteiger charge is -2.13. The van der Waals surface area contributed by atoms with Crippen LogP contribution in [0.15, 0.2) is 21.5 Å². The summed E-state index contributed by atoms with van der Waals surface area (Å²) in [5, 5.41) is 0. The van der Waals surface area contributed by atoms with Crippen LogP contribution in [0.3, 0.4) is 0 Å². The van der Waals surface area contributed by atoms with Crippen molar-refractivity contribution < 1.29 is 26.0 Å². The second-order valence-corrected chi connectivity index (χ2v) is 6.03. The van der Waals surface area contributed by atoms with Crippen LogP contribution in [0.25, 0.3) is 0 Å². The Morgan fingerprint density at radius 2 is 1.75 bits per heavy atom. The average molecular weight is 342 g/mol. The lowest BCUT2D eigenvalue weighted by atomic mass is 10.2. The van der Waals surface area contributed by atoms with E-state index < -0.39 is 36.0 Å². The Balaban J connectivity index is 3.78. The van der Waals surface area contributed by atoms with Crippen molar-refractivity contribution in [3.8, 4) is 0 Å². The second-order valence-electron chi connectivity index (χ2n) is 2.67. The zero-order valence-electron chi connectivity index (χ0n) is 7.15. The molecule has 0 unspecified atom stereocenters. The zero-order valence-corrected chi connectivity index (χ0v) is 10.3. The summed E-state index contributed by atoms with van der Waals surface area (Å²) >= 11 is 2.50. The third-order valence-electron chi connectivity index (χ3n) is 1.59. The van der Waals surface area contributed by atoms with E-state index in [1.165, 1.54) is 0 Å². The Hall–Kier alpha value is -0.340. The molecule has 0 saturated carbocycles. The number of halogens is 6. The van der Waals surface area contributed by atoms with Gasteiger partial charge in [0.25, 0.3) is 9.05 Å². The molecule has 0 N–H and O–H groups in total. The quantitative estimate of drug-likeness (QED) is 0.578. The first-order valence-corrected chi connectivity index (χ1v) is 6.65. The lowest BCUT2D eigenvalue weighted by molar-refractivity contribution is -0.140. The Kier molecular flexibility index (Phi) is 3.56. The summed E-state index contributed by atoms with van der Waals surface area (Å²) in [5.74, 6) is -1.55. The molecule has 16 heavy (non-hydrogen) atoms. The van der Waals surface area contributed by atoms with Gasteiger partial charge in [-0.25, -0.2) is 12.8 Å². The van der Waals surface area contributed by atoms with E-state index in [9.17, 15) is 26.0 Å². The van der Waals surface area contributed by atoms with Gasteiger partial charge in [-0.05, 0) is 12.1 Å². The van der Waals surface area contributed by atoms with E-state index in [4.69, 9.17) is 10.7 Å². The molecule has 0 saturated heterocycles. The summed E-state index contributed by atoms with van der Waals surface area (Å²) in [7, 11) is -0.0642. The molecule has 90 valence electrons.